The zero-order chi connectivity index (χ0) is 17.0. The number of H-pyrrole nitrogens is 1. The second-order valence-electron chi connectivity index (χ2n) is 6.21. The molecule has 0 aliphatic heterocycles. The first-order chi connectivity index (χ1) is 10.9. The lowest BCUT2D eigenvalue weighted by atomic mass is 9.98. The molecular weight excluding hydrogens is 288 g/mol. The molecule has 2 aromatic rings. The molecule has 2 rings (SSSR count). The summed E-state index contributed by atoms with van der Waals surface area (Å²) in [6.45, 7) is 8.69. The number of benzene rings is 1. The third kappa shape index (κ3) is 4.01. The molecule has 0 bridgehead atoms. The van der Waals surface area contributed by atoms with Gasteiger partial charge in [-0.05, 0) is 44.4 Å². The van der Waals surface area contributed by atoms with Gasteiger partial charge in [0.05, 0.1) is 6.61 Å². The van der Waals surface area contributed by atoms with Gasteiger partial charge in [0.1, 0.15) is 17.4 Å². The number of aryl methyl sites for hydroxylation is 2. The Labute approximate surface area is 136 Å². The molecule has 0 saturated carbocycles. The molecule has 1 N–H and O–H groups in total. The van der Waals surface area contributed by atoms with Crippen LogP contribution in [0.4, 0.5) is 0 Å². The van der Waals surface area contributed by atoms with Gasteiger partial charge in [-0.3, -0.25) is 4.79 Å². The lowest BCUT2D eigenvalue weighted by Crippen LogP contribution is -2.13. The highest BCUT2D eigenvalue weighted by molar-refractivity contribution is 5.76. The summed E-state index contributed by atoms with van der Waals surface area (Å²) in [6.07, 6.45) is 0.951. The molecule has 0 amide bonds. The van der Waals surface area contributed by atoms with Gasteiger partial charge in [0.2, 0.25) is 0 Å². The molecular formula is C19H22N2O2. The van der Waals surface area contributed by atoms with Crippen molar-refractivity contribution >= 4 is 0 Å². The summed E-state index contributed by atoms with van der Waals surface area (Å²) >= 11 is 0. The number of nitrogens with zero attached hydrogens (tertiary/aromatic N) is 1. The molecule has 0 fully saturated rings. The van der Waals surface area contributed by atoms with Crippen molar-refractivity contribution in [3.8, 4) is 22.9 Å². The van der Waals surface area contributed by atoms with E-state index in [1.807, 2.05) is 37.3 Å². The highest BCUT2D eigenvalue weighted by Crippen LogP contribution is 2.32. The van der Waals surface area contributed by atoms with Crippen molar-refractivity contribution in [2.45, 2.75) is 34.1 Å². The van der Waals surface area contributed by atoms with Crippen LogP contribution in [-0.4, -0.2) is 11.6 Å². The number of aromatic amines is 1. The fourth-order valence-electron chi connectivity index (χ4n) is 2.40. The van der Waals surface area contributed by atoms with Gasteiger partial charge in [-0.15, -0.1) is 0 Å². The lowest BCUT2D eigenvalue weighted by molar-refractivity contribution is 0.290. The molecule has 0 radical (unpaired) electrons. The summed E-state index contributed by atoms with van der Waals surface area (Å²) < 4.78 is 5.91. The molecule has 4 heteroatoms. The number of pyridine rings is 1. The average Bonchev–Trinajstić information content (AvgIpc) is 2.47. The molecule has 0 spiro atoms. The van der Waals surface area contributed by atoms with Crippen molar-refractivity contribution in [2.24, 2.45) is 5.92 Å². The van der Waals surface area contributed by atoms with Crippen molar-refractivity contribution in [2.75, 3.05) is 6.61 Å². The minimum absolute atomic E-state index is 0.120. The second-order valence-corrected chi connectivity index (χ2v) is 6.21. The molecule has 4 nitrogen and oxygen atoms in total. The molecule has 0 saturated heterocycles. The SMILES string of the molecule is Cc1ccc(OCCC(C)C)c(-c2cc(C)[nH]c(=O)c2C#N)c1. The first kappa shape index (κ1) is 16.8. The van der Waals surface area contributed by atoms with Gasteiger partial charge in [-0.1, -0.05) is 25.5 Å². The van der Waals surface area contributed by atoms with Crippen molar-refractivity contribution in [1.29, 1.82) is 5.26 Å². The summed E-state index contributed by atoms with van der Waals surface area (Å²) in [4.78, 5) is 14.7. The van der Waals surface area contributed by atoms with Crippen LogP contribution in [0.25, 0.3) is 11.1 Å². The van der Waals surface area contributed by atoms with Crippen molar-refractivity contribution in [3.05, 3.63) is 51.4 Å². The fraction of sp³-hybridized carbons (Fsp3) is 0.368. The Hall–Kier alpha value is -2.54. The van der Waals surface area contributed by atoms with E-state index < -0.39 is 0 Å². The van der Waals surface area contributed by atoms with Gasteiger partial charge in [-0.2, -0.15) is 5.26 Å². The third-order valence-corrected chi connectivity index (χ3v) is 3.66. The van der Waals surface area contributed by atoms with Gasteiger partial charge in [0.15, 0.2) is 0 Å². The Balaban J connectivity index is 2.53. The summed E-state index contributed by atoms with van der Waals surface area (Å²) in [5.41, 5.74) is 2.94. The maximum absolute atomic E-state index is 12.0. The number of hydrogen-bond donors (Lipinski definition) is 1. The van der Waals surface area contributed by atoms with Crippen molar-refractivity contribution in [3.63, 3.8) is 0 Å². The summed E-state index contributed by atoms with van der Waals surface area (Å²) in [5, 5.41) is 9.35. The Morgan fingerprint density at radius 1 is 1.22 bits per heavy atom. The number of aromatic nitrogens is 1. The molecule has 120 valence electrons. The molecule has 1 aromatic carbocycles. The number of ether oxygens (including phenoxy) is 1. The maximum Gasteiger partial charge on any atom is 0.266 e. The molecule has 23 heavy (non-hydrogen) atoms. The minimum Gasteiger partial charge on any atom is -0.493 e. The quantitative estimate of drug-likeness (QED) is 0.909. The van der Waals surface area contributed by atoms with Gasteiger partial charge in [0, 0.05) is 16.8 Å². The van der Waals surface area contributed by atoms with Crippen LogP contribution in [0.2, 0.25) is 0 Å². The van der Waals surface area contributed by atoms with E-state index in [2.05, 4.69) is 18.8 Å². The highest BCUT2D eigenvalue weighted by atomic mass is 16.5. The first-order valence-corrected chi connectivity index (χ1v) is 7.80. The van der Waals surface area contributed by atoms with Crippen LogP contribution in [-0.2, 0) is 0 Å². The van der Waals surface area contributed by atoms with Crippen LogP contribution >= 0.6 is 0 Å². The predicted molar refractivity (Wildman–Crippen MR) is 91.6 cm³/mol. The zero-order valence-electron chi connectivity index (χ0n) is 14.1. The number of nitrogens with one attached hydrogen (secondary N) is 1. The monoisotopic (exact) mass is 310 g/mol. The van der Waals surface area contributed by atoms with Crippen molar-refractivity contribution in [1.82, 2.24) is 4.98 Å². The Morgan fingerprint density at radius 3 is 2.61 bits per heavy atom. The zero-order valence-corrected chi connectivity index (χ0v) is 14.1. The topological polar surface area (TPSA) is 65.9 Å². The van der Waals surface area contributed by atoms with E-state index >= 15 is 0 Å². The van der Waals surface area contributed by atoms with Crippen LogP contribution in [0.15, 0.2) is 29.1 Å². The molecule has 0 unspecified atom stereocenters. The van der Waals surface area contributed by atoms with E-state index in [1.165, 1.54) is 0 Å². The van der Waals surface area contributed by atoms with E-state index in [0.717, 1.165) is 23.2 Å². The smallest absolute Gasteiger partial charge is 0.266 e. The maximum atomic E-state index is 12.0. The number of hydrogen-bond acceptors (Lipinski definition) is 3. The molecule has 0 aliphatic rings. The summed E-state index contributed by atoms with van der Waals surface area (Å²) in [5.74, 6) is 1.26. The molecule has 0 atom stereocenters. The molecule has 1 heterocycles. The van der Waals surface area contributed by atoms with E-state index in [-0.39, 0.29) is 11.1 Å². The minimum atomic E-state index is -0.364. The van der Waals surface area contributed by atoms with Crippen LogP contribution in [0.1, 0.15) is 37.1 Å². The fourth-order valence-corrected chi connectivity index (χ4v) is 2.40. The largest absolute Gasteiger partial charge is 0.493 e. The lowest BCUT2D eigenvalue weighted by Gasteiger charge is -2.14. The van der Waals surface area contributed by atoms with E-state index in [1.54, 1.807) is 6.92 Å². The van der Waals surface area contributed by atoms with Gasteiger partial charge >= 0.3 is 0 Å². The van der Waals surface area contributed by atoms with Gasteiger partial charge < -0.3 is 9.72 Å². The summed E-state index contributed by atoms with van der Waals surface area (Å²) in [7, 11) is 0. The second kappa shape index (κ2) is 7.15. The Kier molecular flexibility index (Phi) is 5.23. The van der Waals surface area contributed by atoms with E-state index in [9.17, 15) is 10.1 Å². The van der Waals surface area contributed by atoms with E-state index in [0.29, 0.717) is 23.8 Å². The normalized spacial score (nSPS) is 10.6. The van der Waals surface area contributed by atoms with Crippen LogP contribution in [0.5, 0.6) is 5.75 Å². The standard InChI is InChI=1S/C19H22N2O2/c1-12(2)7-8-23-18-6-5-13(3)9-16(18)15-10-14(4)21-19(22)17(15)11-20/h5-6,9-10,12H,7-8H2,1-4H3,(H,21,22). The predicted octanol–water partition coefficient (Wildman–Crippen LogP) is 3.96. The highest BCUT2D eigenvalue weighted by Gasteiger charge is 2.15. The van der Waals surface area contributed by atoms with Gasteiger partial charge in [0.25, 0.3) is 5.56 Å². The van der Waals surface area contributed by atoms with Crippen LogP contribution in [0, 0.1) is 31.1 Å². The van der Waals surface area contributed by atoms with Crippen LogP contribution in [0.3, 0.4) is 0 Å². The van der Waals surface area contributed by atoms with E-state index in [4.69, 9.17) is 4.74 Å². The van der Waals surface area contributed by atoms with Crippen molar-refractivity contribution < 1.29 is 4.74 Å². The third-order valence-electron chi connectivity index (χ3n) is 3.66. The first-order valence-electron chi connectivity index (χ1n) is 7.80. The Morgan fingerprint density at radius 2 is 1.96 bits per heavy atom. The number of nitriles is 1. The molecule has 1 aromatic heterocycles. The van der Waals surface area contributed by atoms with Crippen LogP contribution < -0.4 is 10.3 Å². The average molecular weight is 310 g/mol. The van der Waals surface area contributed by atoms with Gasteiger partial charge in [-0.25, -0.2) is 0 Å². The summed E-state index contributed by atoms with van der Waals surface area (Å²) in [6, 6.07) is 9.67. The molecule has 0 aliphatic carbocycles. The number of rotatable bonds is 5. The Bertz CT molecular complexity index is 798.